The Labute approximate surface area is 113 Å². The second kappa shape index (κ2) is 7.11. The fraction of sp³-hybridized carbons (Fsp3) is 0.500. The lowest BCUT2D eigenvalue weighted by atomic mass is 10.2. The normalized spacial score (nSPS) is 15.3. The summed E-state index contributed by atoms with van der Waals surface area (Å²) in [5.74, 6) is 0. The van der Waals surface area contributed by atoms with Crippen molar-refractivity contribution in [2.75, 3.05) is 38.2 Å². The molecule has 2 amide bonds. The maximum Gasteiger partial charge on any atom is 0.322 e. The lowest BCUT2D eigenvalue weighted by Gasteiger charge is -2.27. The highest BCUT2D eigenvalue weighted by molar-refractivity contribution is 5.90. The Balaban J connectivity index is 1.99. The van der Waals surface area contributed by atoms with E-state index in [9.17, 15) is 4.79 Å². The lowest BCUT2D eigenvalue weighted by Crippen LogP contribution is -2.43. The quantitative estimate of drug-likeness (QED) is 0.868. The fourth-order valence-electron chi connectivity index (χ4n) is 2.02. The highest BCUT2D eigenvalue weighted by Gasteiger charge is 2.17. The van der Waals surface area contributed by atoms with Gasteiger partial charge in [0, 0.05) is 25.3 Å². The molecule has 2 rings (SSSR count). The summed E-state index contributed by atoms with van der Waals surface area (Å²) in [5, 5.41) is 6.25. The molecule has 1 aliphatic heterocycles. The zero-order chi connectivity index (χ0) is 13.5. The first kappa shape index (κ1) is 13.8. The SMILES string of the molecule is CCNCc1ccccc1NC(=O)N1CCOCC1. The van der Waals surface area contributed by atoms with Crippen LogP contribution in [0.2, 0.25) is 0 Å². The van der Waals surface area contributed by atoms with Gasteiger partial charge in [0.2, 0.25) is 0 Å². The molecule has 0 radical (unpaired) electrons. The van der Waals surface area contributed by atoms with E-state index >= 15 is 0 Å². The van der Waals surface area contributed by atoms with Crippen molar-refractivity contribution in [3.05, 3.63) is 29.8 Å². The Kier molecular flexibility index (Phi) is 5.18. The second-order valence-electron chi connectivity index (χ2n) is 4.47. The minimum Gasteiger partial charge on any atom is -0.378 e. The Morgan fingerprint density at radius 2 is 2.05 bits per heavy atom. The van der Waals surface area contributed by atoms with Gasteiger partial charge in [0.05, 0.1) is 13.2 Å². The van der Waals surface area contributed by atoms with Gasteiger partial charge in [0.25, 0.3) is 0 Å². The van der Waals surface area contributed by atoms with Gasteiger partial charge in [0.15, 0.2) is 0 Å². The Hall–Kier alpha value is -1.59. The summed E-state index contributed by atoms with van der Waals surface area (Å²) in [5.41, 5.74) is 1.98. The van der Waals surface area contributed by atoms with E-state index in [0.717, 1.165) is 24.3 Å². The van der Waals surface area contributed by atoms with Crippen LogP contribution >= 0.6 is 0 Å². The predicted molar refractivity (Wildman–Crippen MR) is 75.2 cm³/mol. The van der Waals surface area contributed by atoms with Gasteiger partial charge < -0.3 is 20.3 Å². The minimum absolute atomic E-state index is 0.0488. The summed E-state index contributed by atoms with van der Waals surface area (Å²) in [6.45, 7) is 6.28. The molecular weight excluding hydrogens is 242 g/mol. The second-order valence-corrected chi connectivity index (χ2v) is 4.47. The van der Waals surface area contributed by atoms with E-state index < -0.39 is 0 Å². The summed E-state index contributed by atoms with van der Waals surface area (Å²) < 4.78 is 5.25. The summed E-state index contributed by atoms with van der Waals surface area (Å²) in [4.78, 5) is 13.9. The Morgan fingerprint density at radius 1 is 1.32 bits per heavy atom. The molecule has 2 N–H and O–H groups in total. The molecule has 0 aliphatic carbocycles. The minimum atomic E-state index is -0.0488. The van der Waals surface area contributed by atoms with Crippen LogP contribution in [0.4, 0.5) is 10.5 Å². The molecule has 0 saturated carbocycles. The number of urea groups is 1. The number of rotatable bonds is 4. The number of para-hydroxylation sites is 1. The van der Waals surface area contributed by atoms with Crippen molar-refractivity contribution in [3.63, 3.8) is 0 Å². The summed E-state index contributed by atoms with van der Waals surface area (Å²) in [7, 11) is 0. The number of anilines is 1. The van der Waals surface area contributed by atoms with Crippen molar-refractivity contribution in [1.29, 1.82) is 0 Å². The number of benzene rings is 1. The monoisotopic (exact) mass is 263 g/mol. The third-order valence-electron chi connectivity index (χ3n) is 3.12. The molecule has 5 heteroatoms. The summed E-state index contributed by atoms with van der Waals surface area (Å²) in [6.07, 6.45) is 0. The number of carbonyl (C=O) groups excluding carboxylic acids is 1. The predicted octanol–water partition coefficient (Wildman–Crippen LogP) is 1.66. The van der Waals surface area contributed by atoms with Crippen LogP contribution in [-0.2, 0) is 11.3 Å². The molecule has 0 spiro atoms. The molecule has 1 heterocycles. The Morgan fingerprint density at radius 3 is 2.79 bits per heavy atom. The van der Waals surface area contributed by atoms with E-state index in [-0.39, 0.29) is 6.03 Å². The van der Waals surface area contributed by atoms with E-state index in [1.54, 1.807) is 4.90 Å². The molecule has 1 fully saturated rings. The zero-order valence-corrected chi connectivity index (χ0v) is 11.3. The van der Waals surface area contributed by atoms with Gasteiger partial charge in [-0.25, -0.2) is 4.79 Å². The van der Waals surface area contributed by atoms with Crippen molar-refractivity contribution in [1.82, 2.24) is 10.2 Å². The number of carbonyl (C=O) groups is 1. The van der Waals surface area contributed by atoms with Gasteiger partial charge in [-0.1, -0.05) is 25.1 Å². The fourth-order valence-corrected chi connectivity index (χ4v) is 2.02. The van der Waals surface area contributed by atoms with Gasteiger partial charge in [0.1, 0.15) is 0 Å². The van der Waals surface area contributed by atoms with Gasteiger partial charge in [-0.05, 0) is 18.2 Å². The molecule has 0 aromatic heterocycles. The molecule has 1 aromatic carbocycles. The van der Waals surface area contributed by atoms with E-state index in [4.69, 9.17) is 4.74 Å². The van der Waals surface area contributed by atoms with Crippen LogP contribution in [0.1, 0.15) is 12.5 Å². The number of nitrogens with one attached hydrogen (secondary N) is 2. The number of hydrogen-bond donors (Lipinski definition) is 2. The molecule has 0 unspecified atom stereocenters. The first-order valence-corrected chi connectivity index (χ1v) is 6.73. The van der Waals surface area contributed by atoms with E-state index in [2.05, 4.69) is 17.6 Å². The molecule has 5 nitrogen and oxygen atoms in total. The molecule has 1 saturated heterocycles. The maximum absolute atomic E-state index is 12.1. The molecule has 1 aliphatic rings. The topological polar surface area (TPSA) is 53.6 Å². The molecule has 0 atom stereocenters. The number of ether oxygens (including phenoxy) is 1. The first-order valence-electron chi connectivity index (χ1n) is 6.73. The molecule has 0 bridgehead atoms. The number of amides is 2. The van der Waals surface area contributed by atoms with Crippen molar-refractivity contribution in [2.24, 2.45) is 0 Å². The maximum atomic E-state index is 12.1. The lowest BCUT2D eigenvalue weighted by molar-refractivity contribution is 0.0564. The van der Waals surface area contributed by atoms with Crippen LogP contribution in [-0.4, -0.2) is 43.8 Å². The largest absolute Gasteiger partial charge is 0.378 e. The van der Waals surface area contributed by atoms with Crippen LogP contribution in [0.15, 0.2) is 24.3 Å². The van der Waals surface area contributed by atoms with Gasteiger partial charge >= 0.3 is 6.03 Å². The average molecular weight is 263 g/mol. The zero-order valence-electron chi connectivity index (χ0n) is 11.3. The third kappa shape index (κ3) is 3.94. The highest BCUT2D eigenvalue weighted by Crippen LogP contribution is 2.15. The van der Waals surface area contributed by atoms with Crippen molar-refractivity contribution in [3.8, 4) is 0 Å². The third-order valence-corrected chi connectivity index (χ3v) is 3.12. The molecular formula is C14H21N3O2. The molecule has 19 heavy (non-hydrogen) atoms. The van der Waals surface area contributed by atoms with Gasteiger partial charge in [-0.3, -0.25) is 0 Å². The first-order chi connectivity index (χ1) is 9.31. The van der Waals surface area contributed by atoms with Crippen molar-refractivity contribution >= 4 is 11.7 Å². The van der Waals surface area contributed by atoms with Gasteiger partial charge in [-0.2, -0.15) is 0 Å². The number of hydrogen-bond acceptors (Lipinski definition) is 3. The van der Waals surface area contributed by atoms with E-state index in [0.29, 0.717) is 26.3 Å². The van der Waals surface area contributed by atoms with Gasteiger partial charge in [-0.15, -0.1) is 0 Å². The highest BCUT2D eigenvalue weighted by atomic mass is 16.5. The number of morpholine rings is 1. The molecule has 1 aromatic rings. The van der Waals surface area contributed by atoms with Crippen LogP contribution < -0.4 is 10.6 Å². The van der Waals surface area contributed by atoms with Crippen LogP contribution in [0, 0.1) is 0 Å². The van der Waals surface area contributed by atoms with E-state index in [1.165, 1.54) is 0 Å². The summed E-state index contributed by atoms with van der Waals surface area (Å²) in [6, 6.07) is 7.83. The smallest absolute Gasteiger partial charge is 0.322 e. The van der Waals surface area contributed by atoms with Crippen molar-refractivity contribution in [2.45, 2.75) is 13.5 Å². The van der Waals surface area contributed by atoms with Crippen molar-refractivity contribution < 1.29 is 9.53 Å². The van der Waals surface area contributed by atoms with E-state index in [1.807, 2.05) is 24.3 Å². The standard InChI is InChI=1S/C14H21N3O2/c1-2-15-11-12-5-3-4-6-13(12)16-14(18)17-7-9-19-10-8-17/h3-6,15H,2,7-11H2,1H3,(H,16,18). The van der Waals surface area contributed by atoms with Crippen LogP contribution in [0.3, 0.4) is 0 Å². The van der Waals surface area contributed by atoms with Crippen LogP contribution in [0.5, 0.6) is 0 Å². The average Bonchev–Trinajstić information content (AvgIpc) is 2.47. The Bertz CT molecular complexity index is 417. The molecule has 104 valence electrons. The number of nitrogens with zero attached hydrogens (tertiary/aromatic N) is 1. The van der Waals surface area contributed by atoms with Crippen LogP contribution in [0.25, 0.3) is 0 Å². The summed E-state index contributed by atoms with van der Waals surface area (Å²) >= 11 is 0.